The summed E-state index contributed by atoms with van der Waals surface area (Å²) in [6.07, 6.45) is 8.80. The Balaban J connectivity index is 1.17. The number of fused-ring (bicyclic) bond motifs is 1. The lowest BCUT2D eigenvalue weighted by atomic mass is 10.1. The quantitative estimate of drug-likeness (QED) is 0.654. The summed E-state index contributed by atoms with van der Waals surface area (Å²) in [6, 6.07) is 9.51. The fraction of sp³-hybridized carbons (Fsp3) is 0.391. The number of nitrogens with one attached hydrogen (secondary N) is 1. The van der Waals surface area contributed by atoms with Crippen molar-refractivity contribution in [3.05, 3.63) is 58.2 Å². The van der Waals surface area contributed by atoms with Crippen LogP contribution in [0.1, 0.15) is 12.8 Å². The second kappa shape index (κ2) is 9.06. The number of rotatable bonds is 5. The summed E-state index contributed by atoms with van der Waals surface area (Å²) in [5.74, 6) is -0.222. The maximum atomic E-state index is 13.2. The molecule has 0 spiro atoms. The van der Waals surface area contributed by atoms with E-state index in [0.29, 0.717) is 11.6 Å². The lowest BCUT2D eigenvalue weighted by molar-refractivity contribution is -0.138. The van der Waals surface area contributed by atoms with Crippen molar-refractivity contribution < 1.29 is 13.2 Å². The molecule has 2 fully saturated rings. The molecular weight excluding hydrogens is 462 g/mol. The summed E-state index contributed by atoms with van der Waals surface area (Å²) < 4.78 is 27.7. The van der Waals surface area contributed by atoms with Crippen LogP contribution in [0.15, 0.2) is 42.7 Å². The van der Waals surface area contributed by atoms with E-state index in [2.05, 4.69) is 15.3 Å². The number of piperidine rings is 1. The van der Waals surface area contributed by atoms with Gasteiger partial charge in [0, 0.05) is 48.8 Å². The molecule has 1 atom stereocenters. The topological polar surface area (TPSA) is 85.8 Å². The minimum Gasteiger partial charge on any atom is -0.371 e. The van der Waals surface area contributed by atoms with Gasteiger partial charge in [-0.1, -0.05) is 29.8 Å². The molecule has 2 aliphatic heterocycles. The minimum atomic E-state index is -3.68. The number of halogens is 1. The van der Waals surface area contributed by atoms with E-state index < -0.39 is 15.3 Å². The van der Waals surface area contributed by atoms with E-state index >= 15 is 0 Å². The molecule has 1 aromatic heterocycles. The maximum Gasteiger partial charge on any atom is 0.252 e. The van der Waals surface area contributed by atoms with Crippen molar-refractivity contribution in [2.45, 2.75) is 24.1 Å². The largest absolute Gasteiger partial charge is 0.371 e. The number of benzene rings is 1. The molecule has 5 rings (SSSR count). The van der Waals surface area contributed by atoms with E-state index in [-0.39, 0.29) is 25.0 Å². The molecule has 1 unspecified atom stereocenters. The fourth-order valence-corrected chi connectivity index (χ4v) is 6.42. The van der Waals surface area contributed by atoms with Crippen molar-refractivity contribution in [1.29, 1.82) is 0 Å². The summed E-state index contributed by atoms with van der Waals surface area (Å²) in [5, 5.41) is 3.03. The molecule has 2 saturated heterocycles. The van der Waals surface area contributed by atoms with Crippen molar-refractivity contribution in [3.63, 3.8) is 0 Å². The van der Waals surface area contributed by atoms with E-state index in [1.807, 2.05) is 18.2 Å². The monoisotopic (exact) mass is 487 g/mol. The van der Waals surface area contributed by atoms with Crippen LogP contribution in [0.5, 0.6) is 0 Å². The number of anilines is 1. The Morgan fingerprint density at radius 2 is 1.70 bits per heavy atom. The van der Waals surface area contributed by atoms with Gasteiger partial charge in [0.15, 0.2) is 0 Å². The lowest BCUT2D eigenvalue weighted by Gasteiger charge is -2.39. The van der Waals surface area contributed by atoms with Crippen LogP contribution in [0.4, 0.5) is 5.69 Å². The highest BCUT2D eigenvalue weighted by Gasteiger charge is 2.37. The first kappa shape index (κ1) is 22.3. The van der Waals surface area contributed by atoms with E-state index in [0.717, 1.165) is 42.1 Å². The zero-order chi connectivity index (χ0) is 23.0. The lowest BCUT2D eigenvalue weighted by Crippen LogP contribution is -2.60. The van der Waals surface area contributed by atoms with E-state index in [1.54, 1.807) is 41.7 Å². The standard InChI is InChI=1S/C23H26ClN5O3S/c24-19-2-1-17-14-22(15-18(17)13-19)33(31,32)28-11-12-29(23(30)16-28)26-20-5-9-27(10-6-20)21-3-7-25-8-4-21/h1-4,7-8,13-15,20,22,26H,5-6,9-12,16H2. The molecule has 174 valence electrons. The third kappa shape index (κ3) is 4.63. The van der Waals surface area contributed by atoms with Crippen molar-refractivity contribution in [3.8, 4) is 0 Å². The summed E-state index contributed by atoms with van der Waals surface area (Å²) in [7, 11) is -3.68. The second-order valence-corrected chi connectivity index (χ2v) is 11.1. The Morgan fingerprint density at radius 1 is 0.970 bits per heavy atom. The number of sulfonamides is 1. The van der Waals surface area contributed by atoms with E-state index in [9.17, 15) is 13.2 Å². The molecule has 1 N–H and O–H groups in total. The third-order valence-electron chi connectivity index (χ3n) is 6.49. The molecule has 2 aromatic rings. The van der Waals surface area contributed by atoms with Gasteiger partial charge in [-0.25, -0.2) is 13.8 Å². The molecule has 3 aliphatic rings. The molecule has 10 heteroatoms. The summed E-state index contributed by atoms with van der Waals surface area (Å²) >= 11 is 6.03. The smallest absolute Gasteiger partial charge is 0.252 e. The van der Waals surface area contributed by atoms with Gasteiger partial charge in [-0.15, -0.1) is 0 Å². The van der Waals surface area contributed by atoms with Crippen LogP contribution in [0.2, 0.25) is 5.02 Å². The van der Waals surface area contributed by atoms with Crippen LogP contribution in [0, 0.1) is 0 Å². The molecule has 1 aromatic carbocycles. The number of hydrogen-bond donors (Lipinski definition) is 1. The van der Waals surface area contributed by atoms with Gasteiger partial charge < -0.3 is 4.90 Å². The van der Waals surface area contributed by atoms with Gasteiger partial charge in [-0.05, 0) is 47.5 Å². The number of aromatic nitrogens is 1. The van der Waals surface area contributed by atoms with Crippen LogP contribution in [-0.4, -0.2) is 72.6 Å². The van der Waals surface area contributed by atoms with Crippen LogP contribution in [0.3, 0.4) is 0 Å². The number of carbonyl (C=O) groups is 1. The highest BCUT2D eigenvalue weighted by atomic mass is 35.5. The molecule has 0 radical (unpaired) electrons. The predicted molar refractivity (Wildman–Crippen MR) is 128 cm³/mol. The Morgan fingerprint density at radius 3 is 2.42 bits per heavy atom. The van der Waals surface area contributed by atoms with E-state index in [4.69, 9.17) is 11.6 Å². The van der Waals surface area contributed by atoms with Crippen LogP contribution >= 0.6 is 11.6 Å². The number of amides is 1. The average Bonchev–Trinajstić information content (AvgIpc) is 3.25. The van der Waals surface area contributed by atoms with Crippen molar-refractivity contribution in [1.82, 2.24) is 19.7 Å². The Hall–Kier alpha value is -2.46. The van der Waals surface area contributed by atoms with Gasteiger partial charge in [0.2, 0.25) is 10.0 Å². The highest BCUT2D eigenvalue weighted by Crippen LogP contribution is 2.21. The third-order valence-corrected chi connectivity index (χ3v) is 8.71. The summed E-state index contributed by atoms with van der Waals surface area (Å²) in [5.41, 5.74) is 4.49. The number of hydrazine groups is 1. The first-order valence-corrected chi connectivity index (χ1v) is 13.0. The van der Waals surface area contributed by atoms with E-state index in [1.165, 1.54) is 4.31 Å². The fourth-order valence-electron chi connectivity index (χ4n) is 4.64. The zero-order valence-corrected chi connectivity index (χ0v) is 19.7. The van der Waals surface area contributed by atoms with Gasteiger partial charge in [-0.3, -0.25) is 14.8 Å². The van der Waals surface area contributed by atoms with Gasteiger partial charge in [0.25, 0.3) is 5.91 Å². The maximum absolute atomic E-state index is 13.2. The molecule has 33 heavy (non-hydrogen) atoms. The molecular formula is C23H26ClN5O3S. The first-order valence-electron chi connectivity index (χ1n) is 11.1. The van der Waals surface area contributed by atoms with Crippen LogP contribution in [0.25, 0.3) is 12.2 Å². The van der Waals surface area contributed by atoms with Crippen LogP contribution < -0.4 is 20.8 Å². The normalized spacial score (nSPS) is 22.1. The number of nitrogens with zero attached hydrogens (tertiary/aromatic N) is 4. The van der Waals surface area contributed by atoms with Crippen molar-refractivity contribution >= 4 is 45.4 Å². The molecule has 1 amide bonds. The van der Waals surface area contributed by atoms with Crippen molar-refractivity contribution in [2.75, 3.05) is 37.6 Å². The number of hydrogen-bond acceptors (Lipinski definition) is 6. The predicted octanol–water partition coefficient (Wildman–Crippen LogP) is 0.326. The molecule has 1 aliphatic carbocycles. The zero-order valence-electron chi connectivity index (χ0n) is 18.1. The second-order valence-electron chi connectivity index (χ2n) is 8.59. The Bertz CT molecular complexity index is 1260. The molecule has 8 nitrogen and oxygen atoms in total. The first-order chi connectivity index (χ1) is 15.9. The summed E-state index contributed by atoms with van der Waals surface area (Å²) in [4.78, 5) is 19.2. The Kier molecular flexibility index (Phi) is 6.13. The van der Waals surface area contributed by atoms with Crippen molar-refractivity contribution in [2.24, 2.45) is 0 Å². The molecule has 0 saturated carbocycles. The molecule has 0 bridgehead atoms. The van der Waals surface area contributed by atoms with Crippen LogP contribution in [-0.2, 0) is 14.8 Å². The van der Waals surface area contributed by atoms with Gasteiger partial charge in [0.1, 0.15) is 5.25 Å². The number of pyridine rings is 1. The highest BCUT2D eigenvalue weighted by molar-refractivity contribution is 7.90. The number of piperazine rings is 1. The Labute approximate surface area is 198 Å². The summed E-state index contributed by atoms with van der Waals surface area (Å²) in [6.45, 7) is 2.23. The molecule has 3 heterocycles. The average molecular weight is 488 g/mol. The number of carbonyl (C=O) groups excluding carboxylic acids is 1. The SMILES string of the molecule is O=C1CN(S(=O)(=O)C2C=c3ccc(Cl)cc3=C2)CCN1NC1CCN(c2ccncc2)CC1. The van der Waals surface area contributed by atoms with Gasteiger partial charge >= 0.3 is 0 Å². The van der Waals surface area contributed by atoms with Gasteiger partial charge in [-0.2, -0.15) is 4.31 Å². The minimum absolute atomic E-state index is 0.152. The van der Waals surface area contributed by atoms with Gasteiger partial charge in [0.05, 0.1) is 13.1 Å².